The van der Waals surface area contributed by atoms with Gasteiger partial charge in [-0.15, -0.1) is 24.0 Å². The standard InChI is InChI=1S/C27H34N4O.HI/c1-2-28-27(30-17-14-23(15-18-30)19-22-9-4-3-5-10-22)29-16-8-13-26(32)31-20-24-11-6-7-12-25(24)21-31;/h3-7,9-12,19H,2,8,13-18,20-21H2,1H3,(H,28,29);1H. The van der Waals surface area contributed by atoms with Gasteiger partial charge in [0.2, 0.25) is 5.91 Å². The molecule has 2 aromatic carbocycles. The average molecular weight is 559 g/mol. The zero-order valence-electron chi connectivity index (χ0n) is 19.5. The summed E-state index contributed by atoms with van der Waals surface area (Å²) in [5, 5.41) is 3.43. The number of rotatable bonds is 6. The van der Waals surface area contributed by atoms with E-state index in [1.54, 1.807) is 0 Å². The van der Waals surface area contributed by atoms with E-state index >= 15 is 0 Å². The van der Waals surface area contributed by atoms with Crippen LogP contribution < -0.4 is 5.32 Å². The van der Waals surface area contributed by atoms with Crippen LogP contribution in [0.5, 0.6) is 0 Å². The predicted octanol–water partition coefficient (Wildman–Crippen LogP) is 5.07. The molecule has 6 heteroatoms. The Bertz CT molecular complexity index is 938. The Hall–Kier alpha value is -2.35. The van der Waals surface area contributed by atoms with E-state index in [-0.39, 0.29) is 29.9 Å². The van der Waals surface area contributed by atoms with Crippen molar-refractivity contribution in [1.82, 2.24) is 15.1 Å². The molecule has 1 saturated heterocycles. The molecule has 2 heterocycles. The molecule has 5 nitrogen and oxygen atoms in total. The number of carbonyl (C=O) groups is 1. The zero-order valence-corrected chi connectivity index (χ0v) is 21.8. The van der Waals surface area contributed by atoms with Gasteiger partial charge in [0, 0.05) is 45.7 Å². The lowest BCUT2D eigenvalue weighted by atomic mass is 10.0. The van der Waals surface area contributed by atoms with Crippen molar-refractivity contribution in [2.24, 2.45) is 4.99 Å². The summed E-state index contributed by atoms with van der Waals surface area (Å²) in [6, 6.07) is 18.9. The Labute approximate surface area is 215 Å². The molecule has 0 aromatic heterocycles. The molecule has 0 radical (unpaired) electrons. The van der Waals surface area contributed by atoms with E-state index in [2.05, 4.69) is 65.7 Å². The maximum atomic E-state index is 12.6. The number of carbonyl (C=O) groups excluding carboxylic acids is 1. The minimum Gasteiger partial charge on any atom is -0.357 e. The number of piperidine rings is 1. The van der Waals surface area contributed by atoms with Crippen molar-refractivity contribution in [3.05, 3.63) is 76.9 Å². The highest BCUT2D eigenvalue weighted by Gasteiger charge is 2.22. The number of nitrogens with zero attached hydrogens (tertiary/aromatic N) is 3. The van der Waals surface area contributed by atoms with Crippen molar-refractivity contribution >= 4 is 41.9 Å². The maximum absolute atomic E-state index is 12.6. The van der Waals surface area contributed by atoms with Gasteiger partial charge in [-0.2, -0.15) is 0 Å². The van der Waals surface area contributed by atoms with E-state index in [1.165, 1.54) is 22.3 Å². The molecule has 0 unspecified atom stereocenters. The summed E-state index contributed by atoms with van der Waals surface area (Å²) in [5.41, 5.74) is 5.33. The monoisotopic (exact) mass is 558 g/mol. The third-order valence-corrected chi connectivity index (χ3v) is 6.21. The smallest absolute Gasteiger partial charge is 0.223 e. The molecule has 33 heavy (non-hydrogen) atoms. The van der Waals surface area contributed by atoms with Gasteiger partial charge in [-0.3, -0.25) is 9.79 Å². The quantitative estimate of drug-likeness (QED) is 0.233. The molecular formula is C27H35IN4O. The van der Waals surface area contributed by atoms with E-state index in [0.29, 0.717) is 13.0 Å². The molecule has 2 aliphatic heterocycles. The molecule has 2 aliphatic rings. The van der Waals surface area contributed by atoms with E-state index in [0.717, 1.165) is 57.9 Å². The third kappa shape index (κ3) is 7.06. The number of benzene rings is 2. The summed E-state index contributed by atoms with van der Waals surface area (Å²) < 4.78 is 0. The van der Waals surface area contributed by atoms with Gasteiger partial charge in [0.25, 0.3) is 0 Å². The van der Waals surface area contributed by atoms with Crippen LogP contribution in [-0.2, 0) is 17.9 Å². The summed E-state index contributed by atoms with van der Waals surface area (Å²) in [5.74, 6) is 1.21. The molecule has 0 spiro atoms. The molecular weight excluding hydrogens is 523 g/mol. The number of hydrogen-bond acceptors (Lipinski definition) is 2. The van der Waals surface area contributed by atoms with Crippen LogP contribution in [0.3, 0.4) is 0 Å². The summed E-state index contributed by atoms with van der Waals surface area (Å²) in [6.45, 7) is 7.09. The SMILES string of the molecule is CCNC(=NCCCC(=O)N1Cc2ccccc2C1)N1CCC(=Cc2ccccc2)CC1.I. The Morgan fingerprint density at radius 1 is 0.970 bits per heavy atom. The highest BCUT2D eigenvalue weighted by atomic mass is 127. The summed E-state index contributed by atoms with van der Waals surface area (Å²) >= 11 is 0. The lowest BCUT2D eigenvalue weighted by molar-refractivity contribution is -0.131. The second kappa shape index (κ2) is 12.8. The van der Waals surface area contributed by atoms with Crippen molar-refractivity contribution in [3.8, 4) is 0 Å². The fourth-order valence-electron chi connectivity index (χ4n) is 4.44. The first kappa shape index (κ1) is 25.3. The van der Waals surface area contributed by atoms with Crippen molar-refractivity contribution < 1.29 is 4.79 Å². The minimum absolute atomic E-state index is 0. The normalized spacial score (nSPS) is 15.7. The number of fused-ring (bicyclic) bond motifs is 1. The van der Waals surface area contributed by atoms with Crippen molar-refractivity contribution in [3.63, 3.8) is 0 Å². The lowest BCUT2D eigenvalue weighted by Gasteiger charge is -2.31. The number of amides is 1. The number of halogens is 1. The third-order valence-electron chi connectivity index (χ3n) is 6.21. The zero-order chi connectivity index (χ0) is 22.2. The van der Waals surface area contributed by atoms with Gasteiger partial charge in [-0.1, -0.05) is 66.2 Å². The van der Waals surface area contributed by atoms with Gasteiger partial charge >= 0.3 is 0 Å². The second-order valence-electron chi connectivity index (χ2n) is 8.56. The average Bonchev–Trinajstić information content (AvgIpc) is 3.27. The molecule has 1 amide bonds. The highest BCUT2D eigenvalue weighted by Crippen LogP contribution is 2.23. The highest BCUT2D eigenvalue weighted by molar-refractivity contribution is 14.0. The van der Waals surface area contributed by atoms with Crippen molar-refractivity contribution in [2.45, 2.75) is 45.7 Å². The predicted molar refractivity (Wildman–Crippen MR) is 147 cm³/mol. The van der Waals surface area contributed by atoms with Crippen LogP contribution in [-0.4, -0.2) is 47.8 Å². The molecule has 176 valence electrons. The fourth-order valence-corrected chi connectivity index (χ4v) is 4.44. The molecule has 0 aliphatic carbocycles. The Morgan fingerprint density at radius 3 is 2.24 bits per heavy atom. The minimum atomic E-state index is 0. The number of hydrogen-bond donors (Lipinski definition) is 1. The van der Waals surface area contributed by atoms with Crippen LogP contribution in [0.4, 0.5) is 0 Å². The van der Waals surface area contributed by atoms with Crippen LogP contribution in [0.2, 0.25) is 0 Å². The number of guanidine groups is 1. The second-order valence-corrected chi connectivity index (χ2v) is 8.56. The van der Waals surface area contributed by atoms with Crippen molar-refractivity contribution in [2.75, 3.05) is 26.2 Å². The number of nitrogens with one attached hydrogen (secondary N) is 1. The molecule has 0 atom stereocenters. The van der Waals surface area contributed by atoms with Crippen LogP contribution >= 0.6 is 24.0 Å². The Balaban J connectivity index is 0.00000306. The van der Waals surface area contributed by atoms with E-state index < -0.39 is 0 Å². The lowest BCUT2D eigenvalue weighted by Crippen LogP contribution is -2.44. The summed E-state index contributed by atoms with van der Waals surface area (Å²) in [6.07, 6.45) is 5.79. The van der Waals surface area contributed by atoms with Gasteiger partial charge in [0.05, 0.1) is 0 Å². The van der Waals surface area contributed by atoms with E-state index in [4.69, 9.17) is 4.99 Å². The first-order valence-corrected chi connectivity index (χ1v) is 11.8. The van der Waals surface area contributed by atoms with Crippen LogP contribution in [0, 0.1) is 0 Å². The molecule has 4 rings (SSSR count). The molecule has 2 aromatic rings. The summed E-state index contributed by atoms with van der Waals surface area (Å²) in [4.78, 5) is 21.8. The van der Waals surface area contributed by atoms with Gasteiger partial charge in [0.15, 0.2) is 5.96 Å². The Kier molecular flexibility index (Phi) is 9.78. The van der Waals surface area contributed by atoms with E-state index in [9.17, 15) is 4.79 Å². The van der Waals surface area contributed by atoms with Gasteiger partial charge < -0.3 is 15.1 Å². The maximum Gasteiger partial charge on any atom is 0.223 e. The van der Waals surface area contributed by atoms with Crippen LogP contribution in [0.25, 0.3) is 6.08 Å². The van der Waals surface area contributed by atoms with E-state index in [1.807, 2.05) is 17.0 Å². The number of aliphatic imine (C=N–C) groups is 1. The molecule has 1 fully saturated rings. The molecule has 0 bridgehead atoms. The summed E-state index contributed by atoms with van der Waals surface area (Å²) in [7, 11) is 0. The van der Waals surface area contributed by atoms with Crippen molar-refractivity contribution in [1.29, 1.82) is 0 Å². The molecule has 1 N–H and O–H groups in total. The first-order chi connectivity index (χ1) is 15.7. The Morgan fingerprint density at radius 2 is 1.61 bits per heavy atom. The first-order valence-electron chi connectivity index (χ1n) is 11.8. The van der Waals surface area contributed by atoms with Crippen LogP contribution in [0.1, 0.15) is 49.3 Å². The van der Waals surface area contributed by atoms with Gasteiger partial charge in [-0.25, -0.2) is 0 Å². The van der Waals surface area contributed by atoms with Gasteiger partial charge in [-0.05, 0) is 42.9 Å². The number of likely N-dealkylation sites (tertiary alicyclic amines) is 1. The fraction of sp³-hybridized carbons (Fsp3) is 0.407. The van der Waals surface area contributed by atoms with Gasteiger partial charge in [0.1, 0.15) is 0 Å². The largest absolute Gasteiger partial charge is 0.357 e. The molecule has 0 saturated carbocycles. The van der Waals surface area contributed by atoms with Crippen LogP contribution in [0.15, 0.2) is 65.2 Å². The topological polar surface area (TPSA) is 47.9 Å².